The number of nitrogens with one attached hydrogen (secondary N) is 2. The van der Waals surface area contributed by atoms with Gasteiger partial charge in [-0.1, -0.05) is 19.4 Å². The summed E-state index contributed by atoms with van der Waals surface area (Å²) in [6.45, 7) is 10.5. The van der Waals surface area contributed by atoms with Crippen LogP contribution in [-0.2, 0) is 9.53 Å². The minimum Gasteiger partial charge on any atom is -0.474 e. The Hall–Kier alpha value is -1.62. The molecule has 5 heteroatoms. The molecule has 140 valence electrons. The lowest BCUT2D eigenvalue weighted by atomic mass is 9.84. The third kappa shape index (κ3) is 5.43. The number of ether oxygens (including phenoxy) is 1. The first-order chi connectivity index (χ1) is 11.9. The molecular formula is C20H33N3O2. The molecule has 1 saturated carbocycles. The van der Waals surface area contributed by atoms with Crippen molar-refractivity contribution in [3.05, 3.63) is 23.7 Å². The van der Waals surface area contributed by atoms with E-state index < -0.39 is 5.60 Å². The van der Waals surface area contributed by atoms with Gasteiger partial charge < -0.3 is 15.4 Å². The molecule has 0 bridgehead atoms. The van der Waals surface area contributed by atoms with E-state index >= 15 is 0 Å². The molecule has 1 aliphatic heterocycles. The number of amides is 1. The molecule has 0 radical (unpaired) electrons. The summed E-state index contributed by atoms with van der Waals surface area (Å²) >= 11 is 0. The standard InChI is InChI=1S/C20H33N3O2/c1-6-15-8-10-16(11-9-15)22-12-14(3)21-13-18-17(7-2)23-19(24)20(4,5)25-18/h7,13,15-16,22H,6,8-12H2,1-5H3,(H,23,24)/b17-7?,18-13+,21-14?. The summed E-state index contributed by atoms with van der Waals surface area (Å²) in [6.07, 6.45) is 10.0. The summed E-state index contributed by atoms with van der Waals surface area (Å²) in [4.78, 5) is 16.5. The average molecular weight is 348 g/mol. The van der Waals surface area contributed by atoms with Crippen LogP contribution >= 0.6 is 0 Å². The molecule has 1 aliphatic carbocycles. The van der Waals surface area contributed by atoms with Crippen molar-refractivity contribution in [2.24, 2.45) is 10.9 Å². The molecule has 0 aromatic carbocycles. The highest BCUT2D eigenvalue weighted by Gasteiger charge is 2.36. The smallest absolute Gasteiger partial charge is 0.268 e. The minimum atomic E-state index is -0.877. The van der Waals surface area contributed by atoms with Gasteiger partial charge in [0, 0.05) is 18.3 Å². The summed E-state index contributed by atoms with van der Waals surface area (Å²) in [7, 11) is 0. The van der Waals surface area contributed by atoms with Crippen LogP contribution in [0.5, 0.6) is 0 Å². The summed E-state index contributed by atoms with van der Waals surface area (Å²) in [5, 5.41) is 6.48. The number of nitrogens with zero attached hydrogens (tertiary/aromatic N) is 1. The van der Waals surface area contributed by atoms with Crippen molar-refractivity contribution in [2.75, 3.05) is 6.54 Å². The van der Waals surface area contributed by atoms with E-state index in [4.69, 9.17) is 4.74 Å². The highest BCUT2D eigenvalue weighted by atomic mass is 16.5. The van der Waals surface area contributed by atoms with E-state index in [1.807, 2.05) is 19.9 Å². The van der Waals surface area contributed by atoms with Gasteiger partial charge in [-0.2, -0.15) is 0 Å². The number of hydrogen-bond acceptors (Lipinski definition) is 4. The molecule has 1 heterocycles. The van der Waals surface area contributed by atoms with Crippen LogP contribution in [0.2, 0.25) is 0 Å². The fourth-order valence-electron chi connectivity index (χ4n) is 3.30. The van der Waals surface area contributed by atoms with Crippen LogP contribution in [0.4, 0.5) is 0 Å². The molecule has 0 unspecified atom stereocenters. The molecule has 2 fully saturated rings. The van der Waals surface area contributed by atoms with Crippen molar-refractivity contribution in [3.63, 3.8) is 0 Å². The fraction of sp³-hybridized carbons (Fsp3) is 0.700. The van der Waals surface area contributed by atoms with Crippen molar-refractivity contribution in [1.29, 1.82) is 0 Å². The normalized spacial score (nSPS) is 30.3. The Morgan fingerprint density at radius 1 is 1.36 bits per heavy atom. The van der Waals surface area contributed by atoms with E-state index in [9.17, 15) is 4.79 Å². The van der Waals surface area contributed by atoms with Gasteiger partial charge in [-0.15, -0.1) is 0 Å². The van der Waals surface area contributed by atoms with Crippen LogP contribution in [0.15, 0.2) is 28.7 Å². The van der Waals surface area contributed by atoms with Gasteiger partial charge in [0.15, 0.2) is 11.4 Å². The van der Waals surface area contributed by atoms with Crippen LogP contribution in [0.25, 0.3) is 0 Å². The SMILES string of the molecule is CC=C1NC(=O)C(C)(C)O/C1=C/N=C(C)CNC1CCC(CC)CC1. The zero-order chi connectivity index (χ0) is 18.4. The van der Waals surface area contributed by atoms with Gasteiger partial charge in [0.05, 0.1) is 11.9 Å². The predicted molar refractivity (Wildman–Crippen MR) is 102 cm³/mol. The Balaban J connectivity index is 1.90. The second-order valence-corrected chi connectivity index (χ2v) is 7.63. The lowest BCUT2D eigenvalue weighted by Gasteiger charge is -2.33. The Morgan fingerprint density at radius 2 is 2.04 bits per heavy atom. The quantitative estimate of drug-likeness (QED) is 0.746. The van der Waals surface area contributed by atoms with Gasteiger partial charge in [-0.25, -0.2) is 0 Å². The second kappa shape index (κ2) is 8.65. The lowest BCUT2D eigenvalue weighted by Crippen LogP contribution is -2.48. The predicted octanol–water partition coefficient (Wildman–Crippen LogP) is 3.68. The van der Waals surface area contributed by atoms with Crippen LogP contribution in [0, 0.1) is 5.92 Å². The summed E-state index contributed by atoms with van der Waals surface area (Å²) < 4.78 is 5.81. The number of allylic oxidation sites excluding steroid dienone is 1. The number of carbonyl (C=O) groups excluding carboxylic acids is 1. The number of aliphatic imine (C=N–C) groups is 1. The van der Waals surface area contributed by atoms with E-state index in [0.717, 1.165) is 18.2 Å². The molecule has 2 N–H and O–H groups in total. The Bertz CT molecular complexity index is 567. The molecule has 2 rings (SSSR count). The molecule has 0 atom stereocenters. The van der Waals surface area contributed by atoms with Crippen LogP contribution in [-0.4, -0.2) is 29.8 Å². The molecule has 0 aromatic rings. The molecule has 2 aliphatic rings. The van der Waals surface area contributed by atoms with Crippen molar-refractivity contribution in [1.82, 2.24) is 10.6 Å². The largest absolute Gasteiger partial charge is 0.474 e. The van der Waals surface area contributed by atoms with E-state index in [0.29, 0.717) is 17.5 Å². The van der Waals surface area contributed by atoms with Crippen molar-refractivity contribution in [3.8, 4) is 0 Å². The topological polar surface area (TPSA) is 62.7 Å². The molecule has 25 heavy (non-hydrogen) atoms. The highest BCUT2D eigenvalue weighted by molar-refractivity contribution is 5.88. The van der Waals surface area contributed by atoms with Crippen LogP contribution < -0.4 is 10.6 Å². The monoisotopic (exact) mass is 347 g/mol. The van der Waals surface area contributed by atoms with Gasteiger partial charge in [-0.05, 0) is 59.3 Å². The summed E-state index contributed by atoms with van der Waals surface area (Å²) in [5.41, 5.74) is 0.809. The molecule has 0 aromatic heterocycles. The second-order valence-electron chi connectivity index (χ2n) is 7.63. The van der Waals surface area contributed by atoms with Gasteiger partial charge >= 0.3 is 0 Å². The average Bonchev–Trinajstić information content (AvgIpc) is 2.60. The van der Waals surface area contributed by atoms with Crippen molar-refractivity contribution in [2.45, 2.75) is 78.4 Å². The fourth-order valence-corrected chi connectivity index (χ4v) is 3.30. The maximum absolute atomic E-state index is 11.9. The van der Waals surface area contributed by atoms with Gasteiger partial charge in [-0.3, -0.25) is 9.79 Å². The summed E-state index contributed by atoms with van der Waals surface area (Å²) in [6, 6.07) is 0.607. The molecule has 1 saturated heterocycles. The number of rotatable bonds is 5. The lowest BCUT2D eigenvalue weighted by molar-refractivity contribution is -0.140. The van der Waals surface area contributed by atoms with Crippen LogP contribution in [0.3, 0.4) is 0 Å². The van der Waals surface area contributed by atoms with E-state index in [-0.39, 0.29) is 5.91 Å². The Morgan fingerprint density at radius 3 is 2.64 bits per heavy atom. The van der Waals surface area contributed by atoms with Gasteiger partial charge in [0.25, 0.3) is 5.91 Å². The van der Waals surface area contributed by atoms with E-state index in [2.05, 4.69) is 22.5 Å². The number of morpholine rings is 1. The van der Waals surface area contributed by atoms with Crippen molar-refractivity contribution < 1.29 is 9.53 Å². The summed E-state index contributed by atoms with van der Waals surface area (Å²) in [5.74, 6) is 1.39. The third-order valence-corrected chi connectivity index (χ3v) is 5.19. The first kappa shape index (κ1) is 19.7. The van der Waals surface area contributed by atoms with Crippen molar-refractivity contribution >= 4 is 11.6 Å². The van der Waals surface area contributed by atoms with E-state index in [1.54, 1.807) is 20.0 Å². The minimum absolute atomic E-state index is 0.136. The molecular weight excluding hydrogens is 314 g/mol. The van der Waals surface area contributed by atoms with E-state index in [1.165, 1.54) is 32.1 Å². The maximum Gasteiger partial charge on any atom is 0.268 e. The Kier molecular flexibility index (Phi) is 6.82. The van der Waals surface area contributed by atoms with Crippen LogP contribution in [0.1, 0.15) is 66.7 Å². The number of hydrogen-bond donors (Lipinski definition) is 2. The maximum atomic E-state index is 11.9. The number of carbonyl (C=O) groups is 1. The van der Waals surface area contributed by atoms with Gasteiger partial charge in [0.2, 0.25) is 0 Å². The highest BCUT2D eigenvalue weighted by Crippen LogP contribution is 2.27. The third-order valence-electron chi connectivity index (χ3n) is 5.19. The Labute approximate surface area is 152 Å². The molecule has 1 amide bonds. The van der Waals surface area contributed by atoms with Gasteiger partial charge in [0.1, 0.15) is 0 Å². The zero-order valence-corrected chi connectivity index (χ0v) is 16.3. The molecule has 5 nitrogen and oxygen atoms in total. The zero-order valence-electron chi connectivity index (χ0n) is 16.3. The molecule has 0 spiro atoms. The first-order valence-corrected chi connectivity index (χ1v) is 9.49. The first-order valence-electron chi connectivity index (χ1n) is 9.49.